The summed E-state index contributed by atoms with van der Waals surface area (Å²) in [6.07, 6.45) is 3.44. The first-order valence-corrected chi connectivity index (χ1v) is 8.79. The first-order valence-electron chi connectivity index (χ1n) is 8.00. The number of aryl methyl sites for hydroxylation is 1. The molecule has 0 aliphatic carbocycles. The van der Waals surface area contributed by atoms with Gasteiger partial charge < -0.3 is 5.32 Å². The van der Waals surface area contributed by atoms with Gasteiger partial charge in [0.2, 0.25) is 0 Å². The van der Waals surface area contributed by atoms with Crippen molar-refractivity contribution in [2.75, 3.05) is 0 Å². The Labute approximate surface area is 155 Å². The number of halogens is 1. The Hall–Kier alpha value is -2.47. The average Bonchev–Trinajstić information content (AvgIpc) is 2.90. The summed E-state index contributed by atoms with van der Waals surface area (Å²) in [4.78, 5) is 16.4. The number of nitrogens with zero attached hydrogens (tertiary/aromatic N) is 3. The Morgan fingerprint density at radius 1 is 1.12 bits per heavy atom. The highest BCUT2D eigenvalue weighted by Gasteiger charge is 2.13. The minimum Gasteiger partial charge on any atom is -0.346 e. The molecule has 6 heteroatoms. The van der Waals surface area contributed by atoms with Crippen LogP contribution >= 0.6 is 15.9 Å². The molecule has 2 aromatic heterocycles. The van der Waals surface area contributed by atoms with Crippen LogP contribution in [0, 0.1) is 13.8 Å². The van der Waals surface area contributed by atoms with Crippen LogP contribution in [0.3, 0.4) is 0 Å². The van der Waals surface area contributed by atoms with Gasteiger partial charge in [-0.1, -0.05) is 0 Å². The predicted octanol–water partition coefficient (Wildman–Crippen LogP) is 4.14. The molecule has 0 aliphatic heterocycles. The second-order valence-corrected chi connectivity index (χ2v) is 6.71. The molecule has 0 spiro atoms. The van der Waals surface area contributed by atoms with Gasteiger partial charge in [-0.2, -0.15) is 5.10 Å². The Morgan fingerprint density at radius 2 is 1.76 bits per heavy atom. The molecule has 25 heavy (non-hydrogen) atoms. The highest BCUT2D eigenvalue weighted by atomic mass is 79.9. The lowest BCUT2D eigenvalue weighted by Crippen LogP contribution is -2.26. The number of benzene rings is 1. The second kappa shape index (κ2) is 7.19. The number of nitrogens with one attached hydrogen (secondary N) is 1. The normalized spacial score (nSPS) is 12.0. The van der Waals surface area contributed by atoms with Gasteiger partial charge >= 0.3 is 0 Å². The van der Waals surface area contributed by atoms with Crippen molar-refractivity contribution in [3.8, 4) is 5.69 Å². The molecular formula is C19H19BrN4O. The fourth-order valence-corrected chi connectivity index (χ4v) is 2.89. The molecule has 128 valence electrons. The summed E-state index contributed by atoms with van der Waals surface area (Å²) in [6.45, 7) is 5.91. The maximum Gasteiger partial charge on any atom is 0.251 e. The van der Waals surface area contributed by atoms with E-state index in [-0.39, 0.29) is 11.9 Å². The van der Waals surface area contributed by atoms with E-state index < -0.39 is 0 Å². The molecule has 0 radical (unpaired) electrons. The van der Waals surface area contributed by atoms with Gasteiger partial charge in [-0.15, -0.1) is 0 Å². The second-order valence-electron chi connectivity index (χ2n) is 5.92. The molecule has 5 nitrogen and oxygen atoms in total. The molecule has 3 aromatic rings. The van der Waals surface area contributed by atoms with Crippen LogP contribution in [0.15, 0.2) is 53.3 Å². The number of rotatable bonds is 4. The van der Waals surface area contributed by atoms with Crippen LogP contribution in [-0.2, 0) is 0 Å². The van der Waals surface area contributed by atoms with E-state index in [0.717, 1.165) is 27.1 Å². The van der Waals surface area contributed by atoms with E-state index in [1.54, 1.807) is 12.4 Å². The fraction of sp³-hybridized carbons (Fsp3) is 0.211. The fourth-order valence-electron chi connectivity index (χ4n) is 2.64. The van der Waals surface area contributed by atoms with E-state index >= 15 is 0 Å². The molecule has 0 aliphatic rings. The Morgan fingerprint density at radius 3 is 2.32 bits per heavy atom. The van der Waals surface area contributed by atoms with Crippen LogP contribution in [0.2, 0.25) is 0 Å². The summed E-state index contributed by atoms with van der Waals surface area (Å²) in [6, 6.07) is 11.1. The van der Waals surface area contributed by atoms with E-state index in [9.17, 15) is 4.79 Å². The SMILES string of the molecule is Cc1nn(-c2ccc(C(=O)NC(C)c3ccncc3)cc2)c(C)c1Br. The first-order chi connectivity index (χ1) is 12.0. The average molecular weight is 399 g/mol. The Balaban J connectivity index is 1.76. The first kappa shape index (κ1) is 17.4. The zero-order valence-corrected chi connectivity index (χ0v) is 15.9. The lowest BCUT2D eigenvalue weighted by atomic mass is 10.1. The maximum absolute atomic E-state index is 12.4. The third-order valence-electron chi connectivity index (χ3n) is 4.13. The maximum atomic E-state index is 12.4. The molecule has 0 bridgehead atoms. The molecule has 0 fully saturated rings. The largest absolute Gasteiger partial charge is 0.346 e. The van der Waals surface area contributed by atoms with Gasteiger partial charge in [0.1, 0.15) is 0 Å². The molecule has 1 unspecified atom stereocenters. The lowest BCUT2D eigenvalue weighted by molar-refractivity contribution is 0.0940. The van der Waals surface area contributed by atoms with Crippen LogP contribution in [0.25, 0.3) is 5.69 Å². The van der Waals surface area contributed by atoms with Crippen molar-refractivity contribution in [1.82, 2.24) is 20.1 Å². The molecule has 3 rings (SSSR count). The van der Waals surface area contributed by atoms with E-state index in [0.29, 0.717) is 5.56 Å². The number of carbonyl (C=O) groups is 1. The number of hydrogen-bond acceptors (Lipinski definition) is 3. The van der Waals surface area contributed by atoms with Crippen LogP contribution in [0.1, 0.15) is 40.3 Å². The van der Waals surface area contributed by atoms with E-state index in [2.05, 4.69) is 31.3 Å². The van der Waals surface area contributed by atoms with Crippen molar-refractivity contribution in [2.24, 2.45) is 0 Å². The van der Waals surface area contributed by atoms with E-state index in [1.165, 1.54) is 0 Å². The zero-order valence-electron chi connectivity index (χ0n) is 14.3. The van der Waals surface area contributed by atoms with Gasteiger partial charge in [0.25, 0.3) is 5.91 Å². The summed E-state index contributed by atoms with van der Waals surface area (Å²) in [5.41, 5.74) is 4.52. The molecule has 1 atom stereocenters. The number of carbonyl (C=O) groups excluding carboxylic acids is 1. The monoisotopic (exact) mass is 398 g/mol. The van der Waals surface area contributed by atoms with E-state index in [1.807, 2.05) is 61.9 Å². The molecule has 2 heterocycles. The summed E-state index contributed by atoms with van der Waals surface area (Å²) in [7, 11) is 0. The van der Waals surface area contributed by atoms with Gasteiger partial charge in [0.15, 0.2) is 0 Å². The van der Waals surface area contributed by atoms with Gasteiger partial charge in [-0.3, -0.25) is 9.78 Å². The Kier molecular flexibility index (Phi) is 4.99. The Bertz CT molecular complexity index is 888. The molecule has 1 aromatic carbocycles. The smallest absolute Gasteiger partial charge is 0.251 e. The summed E-state index contributed by atoms with van der Waals surface area (Å²) in [5.74, 6) is -0.106. The number of aromatic nitrogens is 3. The molecule has 0 saturated heterocycles. The van der Waals surface area contributed by atoms with Crippen molar-refractivity contribution < 1.29 is 4.79 Å². The van der Waals surface area contributed by atoms with Gasteiger partial charge in [0.05, 0.1) is 27.6 Å². The number of pyridine rings is 1. The lowest BCUT2D eigenvalue weighted by Gasteiger charge is -2.14. The highest BCUT2D eigenvalue weighted by Crippen LogP contribution is 2.23. The van der Waals surface area contributed by atoms with Crippen molar-refractivity contribution in [3.63, 3.8) is 0 Å². The van der Waals surface area contributed by atoms with Gasteiger partial charge in [0, 0.05) is 18.0 Å². The third kappa shape index (κ3) is 3.64. The van der Waals surface area contributed by atoms with Crippen LogP contribution in [-0.4, -0.2) is 20.7 Å². The minimum atomic E-state index is -0.106. The van der Waals surface area contributed by atoms with Gasteiger partial charge in [-0.05, 0) is 78.7 Å². The zero-order chi connectivity index (χ0) is 18.0. The number of amides is 1. The van der Waals surface area contributed by atoms with Crippen LogP contribution in [0.4, 0.5) is 0 Å². The summed E-state index contributed by atoms with van der Waals surface area (Å²) < 4.78 is 2.86. The van der Waals surface area contributed by atoms with Crippen LogP contribution in [0.5, 0.6) is 0 Å². The predicted molar refractivity (Wildman–Crippen MR) is 101 cm³/mol. The highest BCUT2D eigenvalue weighted by molar-refractivity contribution is 9.10. The molecule has 1 amide bonds. The van der Waals surface area contributed by atoms with Crippen molar-refractivity contribution in [3.05, 3.63) is 75.8 Å². The molecular weight excluding hydrogens is 380 g/mol. The van der Waals surface area contributed by atoms with E-state index in [4.69, 9.17) is 0 Å². The van der Waals surface area contributed by atoms with Crippen molar-refractivity contribution >= 4 is 21.8 Å². The van der Waals surface area contributed by atoms with Crippen molar-refractivity contribution in [1.29, 1.82) is 0 Å². The summed E-state index contributed by atoms with van der Waals surface area (Å²) >= 11 is 3.53. The molecule has 0 saturated carbocycles. The number of hydrogen-bond donors (Lipinski definition) is 1. The molecule has 1 N–H and O–H groups in total. The topological polar surface area (TPSA) is 59.8 Å². The van der Waals surface area contributed by atoms with Crippen molar-refractivity contribution in [2.45, 2.75) is 26.8 Å². The van der Waals surface area contributed by atoms with Gasteiger partial charge in [-0.25, -0.2) is 4.68 Å². The standard InChI is InChI=1S/C19H19BrN4O/c1-12(15-8-10-21-11-9-15)22-19(25)16-4-6-17(7-5-16)24-14(3)18(20)13(2)23-24/h4-12H,1-3H3,(H,22,25). The third-order valence-corrected chi connectivity index (χ3v) is 5.28. The van der Waals surface area contributed by atoms with Crippen LogP contribution < -0.4 is 5.32 Å². The summed E-state index contributed by atoms with van der Waals surface area (Å²) in [5, 5.41) is 7.51. The minimum absolute atomic E-state index is 0.0814. The quantitative estimate of drug-likeness (QED) is 0.718.